The van der Waals surface area contributed by atoms with Gasteiger partial charge in [0, 0.05) is 68.7 Å². The van der Waals surface area contributed by atoms with Crippen molar-refractivity contribution in [2.45, 2.75) is 52.4 Å². The van der Waals surface area contributed by atoms with Crippen molar-refractivity contribution in [2.24, 2.45) is 11.8 Å². The average molecular weight is 545 g/mol. The van der Waals surface area contributed by atoms with E-state index in [2.05, 4.69) is 43.4 Å². The Hall–Kier alpha value is -4.44. The molecule has 10 nitrogen and oxygen atoms in total. The topological polar surface area (TPSA) is 136 Å². The lowest BCUT2D eigenvalue weighted by atomic mass is 9.92. The van der Waals surface area contributed by atoms with Gasteiger partial charge in [-0.05, 0) is 79.2 Å². The number of hydrogen-bond donors (Lipinski definition) is 1. The standard InChI is InChI=1S/C15H17N3O3.C15H19N3O/c1-2-4-14(19)9-12-5-3-8-17(11-12)13-6-7-16-15(10-13)18(20)21;1-2-4-14(19)9-12-5-3-8-18(11-12)13-6-7-17-15(16)10-13/h6-7,10,12H,3,5,8-9,11H2,1H3;6-7,10,12H,3,5,8-9,11H2,1H3,(H2,16,17)/t2*12-/m00/s1. The molecule has 2 saturated heterocycles. The molecule has 2 atom stereocenters. The van der Waals surface area contributed by atoms with Gasteiger partial charge < -0.3 is 25.6 Å². The van der Waals surface area contributed by atoms with E-state index in [1.807, 2.05) is 12.1 Å². The number of carbonyl (C=O) groups is 2. The number of nitrogen functional groups attached to an aromatic ring is 1. The van der Waals surface area contributed by atoms with Crippen LogP contribution in [0.25, 0.3) is 0 Å². The molecular weight excluding hydrogens is 508 g/mol. The number of hydrogen-bond acceptors (Lipinski definition) is 9. The molecule has 2 aliphatic rings. The number of aromatic nitrogens is 2. The summed E-state index contributed by atoms with van der Waals surface area (Å²) in [5.74, 6) is 11.5. The largest absolute Gasteiger partial charge is 0.384 e. The number of Topliss-reactive ketones (excluding diaryl/α,β-unsaturated/α-hetero) is 2. The van der Waals surface area contributed by atoms with Crippen molar-refractivity contribution < 1.29 is 14.5 Å². The second kappa shape index (κ2) is 15.2. The summed E-state index contributed by atoms with van der Waals surface area (Å²) < 4.78 is 0. The molecule has 2 aromatic heterocycles. The average Bonchev–Trinajstić information content (AvgIpc) is 2.94. The highest BCUT2D eigenvalue weighted by Crippen LogP contribution is 2.27. The first-order valence-corrected chi connectivity index (χ1v) is 13.5. The van der Waals surface area contributed by atoms with Gasteiger partial charge in [0.2, 0.25) is 11.6 Å². The molecule has 0 radical (unpaired) electrons. The Morgan fingerprint density at radius 3 is 1.90 bits per heavy atom. The predicted octanol–water partition coefficient (Wildman–Crippen LogP) is 4.05. The number of nitro groups is 1. The van der Waals surface area contributed by atoms with Crippen LogP contribution in [0.15, 0.2) is 36.7 Å². The van der Waals surface area contributed by atoms with Gasteiger partial charge in [-0.15, -0.1) is 0 Å². The van der Waals surface area contributed by atoms with Crippen LogP contribution < -0.4 is 15.5 Å². The third kappa shape index (κ3) is 9.39. The molecule has 2 aromatic rings. The van der Waals surface area contributed by atoms with Gasteiger partial charge in [0.15, 0.2) is 0 Å². The molecule has 2 N–H and O–H groups in total. The van der Waals surface area contributed by atoms with Crippen molar-refractivity contribution in [1.29, 1.82) is 0 Å². The Kier molecular flexibility index (Phi) is 11.5. The summed E-state index contributed by atoms with van der Waals surface area (Å²) in [5, 5.41) is 10.8. The summed E-state index contributed by atoms with van der Waals surface area (Å²) in [6.45, 7) is 6.81. The van der Waals surface area contributed by atoms with Crippen molar-refractivity contribution in [2.75, 3.05) is 41.7 Å². The highest BCUT2D eigenvalue weighted by atomic mass is 16.6. The van der Waals surface area contributed by atoms with Crippen LogP contribution in [0.4, 0.5) is 23.0 Å². The lowest BCUT2D eigenvalue weighted by molar-refractivity contribution is -0.389. The van der Waals surface area contributed by atoms with Gasteiger partial charge in [0.25, 0.3) is 0 Å². The molecule has 0 unspecified atom stereocenters. The van der Waals surface area contributed by atoms with E-state index in [1.165, 1.54) is 12.3 Å². The molecule has 210 valence electrons. The summed E-state index contributed by atoms with van der Waals surface area (Å²) >= 11 is 0. The Morgan fingerprint density at radius 2 is 1.43 bits per heavy atom. The minimum absolute atomic E-state index is 0.0370. The fraction of sp³-hybridized carbons (Fsp3) is 0.467. The minimum Gasteiger partial charge on any atom is -0.384 e. The van der Waals surface area contributed by atoms with Gasteiger partial charge in [0.05, 0.1) is 6.07 Å². The molecule has 10 heteroatoms. The number of carbonyl (C=O) groups excluding carboxylic acids is 2. The Labute approximate surface area is 235 Å². The molecule has 0 aromatic carbocycles. The second-order valence-corrected chi connectivity index (χ2v) is 9.98. The number of anilines is 3. The highest BCUT2D eigenvalue weighted by Gasteiger charge is 2.24. The molecule has 0 spiro atoms. The fourth-order valence-electron chi connectivity index (χ4n) is 5.18. The molecule has 0 saturated carbocycles. The molecule has 0 aliphatic carbocycles. The van der Waals surface area contributed by atoms with E-state index in [4.69, 9.17) is 5.73 Å². The van der Waals surface area contributed by atoms with E-state index in [9.17, 15) is 19.7 Å². The lowest BCUT2D eigenvalue weighted by Gasteiger charge is -2.34. The lowest BCUT2D eigenvalue weighted by Crippen LogP contribution is -2.36. The summed E-state index contributed by atoms with van der Waals surface area (Å²) in [4.78, 5) is 45.6. The predicted molar refractivity (Wildman–Crippen MR) is 156 cm³/mol. The van der Waals surface area contributed by atoms with Gasteiger partial charge in [0.1, 0.15) is 12.0 Å². The smallest absolute Gasteiger partial charge is 0.365 e. The van der Waals surface area contributed by atoms with Gasteiger partial charge in [-0.2, -0.15) is 0 Å². The summed E-state index contributed by atoms with van der Waals surface area (Å²) in [5.41, 5.74) is 7.59. The number of nitrogens with zero attached hydrogens (tertiary/aromatic N) is 5. The number of nitrogens with two attached hydrogens (primary N) is 1. The van der Waals surface area contributed by atoms with Gasteiger partial charge in [-0.3, -0.25) is 9.59 Å². The van der Waals surface area contributed by atoms with Crippen LogP contribution >= 0.6 is 0 Å². The minimum atomic E-state index is -0.495. The van der Waals surface area contributed by atoms with Crippen LogP contribution in [0.1, 0.15) is 52.4 Å². The molecule has 4 heterocycles. The van der Waals surface area contributed by atoms with E-state index in [-0.39, 0.29) is 23.3 Å². The highest BCUT2D eigenvalue weighted by molar-refractivity contribution is 5.96. The first kappa shape index (κ1) is 30.1. The Bertz CT molecular complexity index is 1320. The normalized spacial score (nSPS) is 18.1. The third-order valence-electron chi connectivity index (χ3n) is 6.93. The Morgan fingerprint density at radius 1 is 0.925 bits per heavy atom. The molecule has 4 rings (SSSR count). The van der Waals surface area contributed by atoms with Crippen LogP contribution in [0, 0.1) is 45.6 Å². The maximum absolute atomic E-state index is 11.6. The number of piperidine rings is 2. The van der Waals surface area contributed by atoms with Crippen molar-refractivity contribution in [1.82, 2.24) is 9.97 Å². The number of pyridine rings is 2. The quantitative estimate of drug-likeness (QED) is 0.237. The number of rotatable bonds is 7. The van der Waals surface area contributed by atoms with Crippen LogP contribution in [-0.2, 0) is 9.59 Å². The van der Waals surface area contributed by atoms with Crippen LogP contribution in [0.2, 0.25) is 0 Å². The zero-order valence-electron chi connectivity index (χ0n) is 23.1. The van der Waals surface area contributed by atoms with Crippen LogP contribution in [0.5, 0.6) is 0 Å². The molecule has 0 bridgehead atoms. The monoisotopic (exact) mass is 544 g/mol. The zero-order valence-corrected chi connectivity index (χ0v) is 23.1. The Balaban J connectivity index is 0.000000222. The zero-order chi connectivity index (χ0) is 28.9. The third-order valence-corrected chi connectivity index (χ3v) is 6.93. The van der Waals surface area contributed by atoms with Gasteiger partial charge in [-0.25, -0.2) is 4.98 Å². The summed E-state index contributed by atoms with van der Waals surface area (Å²) in [7, 11) is 0. The van der Waals surface area contributed by atoms with E-state index >= 15 is 0 Å². The summed E-state index contributed by atoms with van der Waals surface area (Å²) in [6, 6.07) is 7.10. The van der Waals surface area contributed by atoms with Crippen molar-refractivity contribution in [3.8, 4) is 23.7 Å². The molecule has 2 aliphatic heterocycles. The van der Waals surface area contributed by atoms with Crippen LogP contribution in [-0.4, -0.2) is 52.6 Å². The molecule has 40 heavy (non-hydrogen) atoms. The van der Waals surface area contributed by atoms with E-state index in [0.717, 1.165) is 63.2 Å². The van der Waals surface area contributed by atoms with E-state index < -0.39 is 4.92 Å². The van der Waals surface area contributed by atoms with Crippen molar-refractivity contribution in [3.63, 3.8) is 0 Å². The van der Waals surface area contributed by atoms with E-state index in [0.29, 0.717) is 24.6 Å². The SMILES string of the molecule is CC#CC(=O)C[C@@H]1CCCN(c2ccnc(N)c2)C1.CC#CC(=O)C[C@@H]1CCCN(c2ccnc([N+](=O)[O-])c2)C1. The van der Waals surface area contributed by atoms with E-state index in [1.54, 1.807) is 26.1 Å². The maximum atomic E-state index is 11.6. The first-order valence-electron chi connectivity index (χ1n) is 13.5. The van der Waals surface area contributed by atoms with Crippen molar-refractivity contribution in [3.05, 3.63) is 46.8 Å². The molecular formula is C30H36N6O4. The molecule has 0 amide bonds. The fourth-order valence-corrected chi connectivity index (χ4v) is 5.18. The second-order valence-electron chi connectivity index (χ2n) is 9.98. The van der Waals surface area contributed by atoms with Gasteiger partial charge in [-0.1, -0.05) is 11.8 Å². The van der Waals surface area contributed by atoms with Crippen molar-refractivity contribution >= 4 is 34.6 Å². The van der Waals surface area contributed by atoms with Crippen LogP contribution in [0.3, 0.4) is 0 Å². The number of ketones is 2. The summed E-state index contributed by atoms with van der Waals surface area (Å²) in [6.07, 6.45) is 8.32. The molecule has 2 fully saturated rings. The maximum Gasteiger partial charge on any atom is 0.365 e. The first-order chi connectivity index (χ1) is 19.3. The van der Waals surface area contributed by atoms with Gasteiger partial charge >= 0.3 is 5.82 Å².